The van der Waals surface area contributed by atoms with Gasteiger partial charge in [0.05, 0.1) is 0 Å². The fraction of sp³-hybridized carbons (Fsp3) is 0.273. The zero-order chi connectivity index (χ0) is 21.4. The number of nitrogens with zero attached hydrogens (tertiary/aromatic N) is 1. The zero-order valence-corrected chi connectivity index (χ0v) is 18.3. The largest absolute Gasteiger partial charge is 0.487 e. The molecule has 5 nitrogen and oxygen atoms in total. The van der Waals surface area contributed by atoms with Crippen molar-refractivity contribution in [3.8, 4) is 5.75 Å². The minimum atomic E-state index is -0.0857. The highest BCUT2D eigenvalue weighted by atomic mass is 79.9. The predicted molar refractivity (Wildman–Crippen MR) is 120 cm³/mol. The van der Waals surface area contributed by atoms with Crippen LogP contribution >= 0.6 is 15.9 Å². The Hall–Kier alpha value is -2.44. The molecule has 0 aliphatic carbocycles. The third kappa shape index (κ3) is 9.48. The second kappa shape index (κ2) is 15.6. The summed E-state index contributed by atoms with van der Waals surface area (Å²) in [5, 5.41) is 0. The molecule has 0 unspecified atom stereocenters. The number of carbonyl (C=O) groups excluding carboxylic acids is 1. The molecular weight excluding hydrogens is 420 g/mol. The van der Waals surface area contributed by atoms with Gasteiger partial charge in [-0.2, -0.15) is 0 Å². The molecule has 2 aromatic rings. The van der Waals surface area contributed by atoms with Gasteiger partial charge in [0.15, 0.2) is 0 Å². The first-order chi connectivity index (χ1) is 13.5. The minimum absolute atomic E-state index is 0.0857. The third-order valence-electron chi connectivity index (χ3n) is 3.52. The molecule has 2 rings (SSSR count). The first kappa shape index (κ1) is 25.6. The molecule has 0 aliphatic rings. The van der Waals surface area contributed by atoms with Crippen molar-refractivity contribution in [2.45, 2.75) is 33.4 Å². The van der Waals surface area contributed by atoms with Crippen LogP contribution in [-0.4, -0.2) is 17.9 Å². The van der Waals surface area contributed by atoms with Crippen LogP contribution in [0.2, 0.25) is 0 Å². The van der Waals surface area contributed by atoms with Crippen molar-refractivity contribution >= 4 is 22.2 Å². The Labute approximate surface area is 175 Å². The minimum Gasteiger partial charge on any atom is -0.487 e. The van der Waals surface area contributed by atoms with Crippen molar-refractivity contribution in [2.75, 3.05) is 7.05 Å². The maximum Gasteiger partial charge on any atom is 0.268 e. The SMILES string of the molecule is C/C=C(\C)C=O.C=CCCn1ccc(OCc2ccccc2)c(Br)c1=O.CN. The molecule has 0 bridgehead atoms. The Bertz CT molecular complexity index is 799. The van der Waals surface area contributed by atoms with Crippen LogP contribution in [0.4, 0.5) is 0 Å². The van der Waals surface area contributed by atoms with Crippen LogP contribution in [0.5, 0.6) is 5.75 Å². The van der Waals surface area contributed by atoms with E-state index in [2.05, 4.69) is 28.2 Å². The lowest BCUT2D eigenvalue weighted by atomic mass is 10.2. The third-order valence-corrected chi connectivity index (χ3v) is 4.25. The van der Waals surface area contributed by atoms with Gasteiger partial charge in [0.25, 0.3) is 5.56 Å². The lowest BCUT2D eigenvalue weighted by Crippen LogP contribution is -2.20. The fourth-order valence-electron chi connectivity index (χ4n) is 1.85. The lowest BCUT2D eigenvalue weighted by Gasteiger charge is -2.10. The first-order valence-corrected chi connectivity index (χ1v) is 9.65. The maximum atomic E-state index is 12.1. The molecule has 28 heavy (non-hydrogen) atoms. The molecule has 1 aromatic heterocycles. The van der Waals surface area contributed by atoms with E-state index in [0.29, 0.717) is 23.4 Å². The lowest BCUT2D eigenvalue weighted by molar-refractivity contribution is -0.104. The summed E-state index contributed by atoms with van der Waals surface area (Å²) >= 11 is 3.31. The van der Waals surface area contributed by atoms with Crippen LogP contribution in [0.15, 0.2) is 76.2 Å². The molecule has 152 valence electrons. The van der Waals surface area contributed by atoms with Gasteiger partial charge in [0, 0.05) is 12.7 Å². The molecule has 1 heterocycles. The van der Waals surface area contributed by atoms with Crippen LogP contribution in [0, 0.1) is 0 Å². The standard InChI is InChI=1S/C16H16BrNO2.C5H8O.CH5N/c1-2-3-10-18-11-9-14(15(17)16(18)19)20-12-13-7-5-4-6-8-13;1-3-5(2)4-6;1-2/h2,4-9,11H,1,3,10,12H2;3-4H,1-2H3;2H2,1H3/b;5-3+;. The normalized spacial score (nSPS) is 9.96. The molecule has 0 aliphatic heterocycles. The Kier molecular flexibility index (Phi) is 14.2. The number of halogens is 1. The van der Waals surface area contributed by atoms with E-state index in [4.69, 9.17) is 4.74 Å². The number of allylic oxidation sites excluding steroid dienone is 3. The first-order valence-electron chi connectivity index (χ1n) is 8.85. The Morgan fingerprint density at radius 2 is 1.89 bits per heavy atom. The quantitative estimate of drug-likeness (QED) is 0.384. The van der Waals surface area contributed by atoms with Gasteiger partial charge in [-0.25, -0.2) is 0 Å². The molecule has 0 radical (unpaired) electrons. The molecule has 0 amide bonds. The summed E-state index contributed by atoms with van der Waals surface area (Å²) in [6.45, 7) is 8.33. The number of hydrogen-bond acceptors (Lipinski definition) is 4. The van der Waals surface area contributed by atoms with Crippen LogP contribution < -0.4 is 16.0 Å². The monoisotopic (exact) mass is 448 g/mol. The van der Waals surface area contributed by atoms with Crippen molar-refractivity contribution in [1.29, 1.82) is 0 Å². The van der Waals surface area contributed by atoms with E-state index < -0.39 is 0 Å². The van der Waals surface area contributed by atoms with Crippen LogP contribution in [0.1, 0.15) is 25.8 Å². The zero-order valence-electron chi connectivity index (χ0n) is 16.7. The Balaban J connectivity index is 0.000000780. The van der Waals surface area contributed by atoms with E-state index in [-0.39, 0.29) is 5.56 Å². The predicted octanol–water partition coefficient (Wildman–Crippen LogP) is 4.49. The van der Waals surface area contributed by atoms with Crippen LogP contribution in [0.25, 0.3) is 0 Å². The Morgan fingerprint density at radius 1 is 1.25 bits per heavy atom. The van der Waals surface area contributed by atoms with Crippen molar-refractivity contribution in [1.82, 2.24) is 4.57 Å². The van der Waals surface area contributed by atoms with Crippen molar-refractivity contribution < 1.29 is 9.53 Å². The number of aryl methyl sites for hydroxylation is 1. The average molecular weight is 449 g/mol. The molecular formula is C22H29BrN2O3. The van der Waals surface area contributed by atoms with Crippen molar-refractivity contribution in [3.05, 3.63) is 87.3 Å². The molecule has 0 atom stereocenters. The van der Waals surface area contributed by atoms with Gasteiger partial charge in [-0.15, -0.1) is 6.58 Å². The smallest absolute Gasteiger partial charge is 0.268 e. The number of aromatic nitrogens is 1. The van der Waals surface area contributed by atoms with E-state index in [1.165, 1.54) is 7.05 Å². The summed E-state index contributed by atoms with van der Waals surface area (Å²) in [6, 6.07) is 11.7. The molecule has 0 saturated heterocycles. The highest BCUT2D eigenvalue weighted by Gasteiger charge is 2.08. The number of hydrogen-bond donors (Lipinski definition) is 1. The number of carbonyl (C=O) groups is 1. The van der Waals surface area contributed by atoms with Crippen LogP contribution in [0.3, 0.4) is 0 Å². The topological polar surface area (TPSA) is 74.3 Å². The van der Waals surface area contributed by atoms with Gasteiger partial charge in [0.1, 0.15) is 23.1 Å². The molecule has 0 saturated carbocycles. The number of nitrogens with two attached hydrogens (primary N) is 1. The van der Waals surface area contributed by atoms with Gasteiger partial charge in [-0.3, -0.25) is 9.59 Å². The number of pyridine rings is 1. The molecule has 2 N–H and O–H groups in total. The van der Waals surface area contributed by atoms with E-state index in [1.54, 1.807) is 35.9 Å². The van der Waals surface area contributed by atoms with Gasteiger partial charge in [-0.1, -0.05) is 42.5 Å². The van der Waals surface area contributed by atoms with Crippen LogP contribution in [-0.2, 0) is 17.9 Å². The number of ether oxygens (including phenoxy) is 1. The fourth-order valence-corrected chi connectivity index (χ4v) is 2.33. The number of rotatable bonds is 7. The molecule has 0 spiro atoms. The molecule has 1 aromatic carbocycles. The van der Waals surface area contributed by atoms with E-state index in [0.717, 1.165) is 23.8 Å². The van der Waals surface area contributed by atoms with Gasteiger partial charge >= 0.3 is 0 Å². The van der Waals surface area contributed by atoms with E-state index in [9.17, 15) is 9.59 Å². The summed E-state index contributed by atoms with van der Waals surface area (Å²) < 4.78 is 7.78. The summed E-state index contributed by atoms with van der Waals surface area (Å²) in [5.74, 6) is 0.564. The second-order valence-electron chi connectivity index (χ2n) is 5.49. The van der Waals surface area contributed by atoms with Crippen molar-refractivity contribution in [3.63, 3.8) is 0 Å². The molecule has 6 heteroatoms. The highest BCUT2D eigenvalue weighted by Crippen LogP contribution is 2.21. The molecule has 0 fully saturated rings. The van der Waals surface area contributed by atoms with Gasteiger partial charge in [-0.05, 0) is 60.4 Å². The number of aldehydes is 1. The maximum absolute atomic E-state index is 12.1. The summed E-state index contributed by atoms with van der Waals surface area (Å²) in [5.41, 5.74) is 6.27. The second-order valence-corrected chi connectivity index (χ2v) is 6.29. The summed E-state index contributed by atoms with van der Waals surface area (Å²) in [7, 11) is 1.50. The highest BCUT2D eigenvalue weighted by molar-refractivity contribution is 9.10. The Morgan fingerprint density at radius 3 is 2.39 bits per heavy atom. The van der Waals surface area contributed by atoms with Gasteiger partial charge < -0.3 is 15.0 Å². The van der Waals surface area contributed by atoms with Crippen molar-refractivity contribution in [2.24, 2.45) is 5.73 Å². The van der Waals surface area contributed by atoms with E-state index >= 15 is 0 Å². The van der Waals surface area contributed by atoms with E-state index in [1.807, 2.05) is 37.3 Å². The summed E-state index contributed by atoms with van der Waals surface area (Å²) in [6.07, 6.45) is 6.90. The van der Waals surface area contributed by atoms with Gasteiger partial charge in [0.2, 0.25) is 0 Å². The average Bonchev–Trinajstić information content (AvgIpc) is 2.76. The number of benzene rings is 1. The summed E-state index contributed by atoms with van der Waals surface area (Å²) in [4.78, 5) is 21.8.